The number of carbonyl (C=O) groups is 2. The monoisotopic (exact) mass is 460 g/mol. The lowest BCUT2D eigenvalue weighted by Gasteiger charge is -2.29. The molecule has 2 aromatic carbocycles. The number of hydrogen-bond acceptors (Lipinski definition) is 4. The van der Waals surface area contributed by atoms with Gasteiger partial charge in [-0.1, -0.05) is 30.7 Å². The van der Waals surface area contributed by atoms with Crippen molar-refractivity contribution in [3.63, 3.8) is 0 Å². The second kappa shape index (κ2) is 11.8. The highest BCUT2D eigenvalue weighted by molar-refractivity contribution is 6.32. The summed E-state index contributed by atoms with van der Waals surface area (Å²) >= 11 is 6.22. The van der Waals surface area contributed by atoms with Crippen molar-refractivity contribution in [3.8, 4) is 11.5 Å². The molecule has 0 saturated heterocycles. The van der Waals surface area contributed by atoms with E-state index in [1.165, 1.54) is 4.90 Å². The van der Waals surface area contributed by atoms with E-state index in [-0.39, 0.29) is 31.0 Å². The zero-order valence-corrected chi connectivity index (χ0v) is 20.5. The van der Waals surface area contributed by atoms with Crippen molar-refractivity contribution < 1.29 is 19.1 Å². The van der Waals surface area contributed by atoms with Gasteiger partial charge in [-0.2, -0.15) is 0 Å². The normalized spacial score (nSPS) is 12.6. The van der Waals surface area contributed by atoms with Crippen molar-refractivity contribution in [2.75, 3.05) is 13.7 Å². The summed E-state index contributed by atoms with van der Waals surface area (Å²) in [4.78, 5) is 27.5. The molecule has 0 aliphatic rings. The summed E-state index contributed by atoms with van der Waals surface area (Å²) in [6.07, 6.45) is 0.809. The van der Waals surface area contributed by atoms with E-state index in [2.05, 4.69) is 5.32 Å². The average molecular weight is 461 g/mol. The predicted molar refractivity (Wildman–Crippen MR) is 127 cm³/mol. The first kappa shape index (κ1) is 25.5. The molecular formula is C25H33ClN2O4. The summed E-state index contributed by atoms with van der Waals surface area (Å²) < 4.78 is 11.0. The highest BCUT2D eigenvalue weighted by atomic mass is 35.5. The molecule has 0 radical (unpaired) electrons. The summed E-state index contributed by atoms with van der Waals surface area (Å²) in [6, 6.07) is 10.4. The van der Waals surface area contributed by atoms with Crippen LogP contribution in [0.5, 0.6) is 11.5 Å². The van der Waals surface area contributed by atoms with Crippen molar-refractivity contribution in [2.45, 2.75) is 59.7 Å². The Morgan fingerprint density at radius 2 is 1.66 bits per heavy atom. The molecule has 0 saturated carbocycles. The van der Waals surface area contributed by atoms with E-state index in [0.29, 0.717) is 10.8 Å². The van der Waals surface area contributed by atoms with Gasteiger partial charge < -0.3 is 19.7 Å². The van der Waals surface area contributed by atoms with Gasteiger partial charge in [-0.05, 0) is 75.1 Å². The van der Waals surface area contributed by atoms with Gasteiger partial charge in [0, 0.05) is 17.6 Å². The maximum Gasteiger partial charge on any atom is 0.261 e. The number of ether oxygens (including phenoxy) is 2. The number of halogens is 1. The van der Waals surface area contributed by atoms with E-state index in [9.17, 15) is 9.59 Å². The number of hydrogen-bond donors (Lipinski definition) is 1. The molecule has 0 aromatic heterocycles. The molecule has 2 rings (SSSR count). The van der Waals surface area contributed by atoms with Gasteiger partial charge in [-0.3, -0.25) is 9.59 Å². The van der Waals surface area contributed by atoms with Crippen LogP contribution in [0.15, 0.2) is 36.4 Å². The standard InChI is InChI=1S/C25H33ClN2O4/c1-7-18(4)27-25(30)19(5)28(14-20-8-10-21(31-6)11-9-20)23(29)15-32-22-12-16(2)24(26)17(3)13-22/h8-13,18-19H,7,14-15H2,1-6H3,(H,27,30)/t18-,19-/m1/s1. The third kappa shape index (κ3) is 6.89. The third-order valence-corrected chi connectivity index (χ3v) is 6.05. The molecule has 7 heteroatoms. The van der Waals surface area contributed by atoms with Gasteiger partial charge in [-0.25, -0.2) is 0 Å². The molecule has 32 heavy (non-hydrogen) atoms. The number of nitrogens with one attached hydrogen (secondary N) is 1. The molecule has 0 heterocycles. The van der Waals surface area contributed by atoms with Crippen molar-refractivity contribution in [3.05, 3.63) is 58.1 Å². The van der Waals surface area contributed by atoms with Crippen LogP contribution in [0.4, 0.5) is 0 Å². The van der Waals surface area contributed by atoms with Gasteiger partial charge in [0.15, 0.2) is 6.61 Å². The fourth-order valence-corrected chi connectivity index (χ4v) is 3.30. The molecule has 2 amide bonds. The number of carbonyl (C=O) groups excluding carboxylic acids is 2. The van der Waals surface area contributed by atoms with E-state index in [4.69, 9.17) is 21.1 Å². The Morgan fingerprint density at radius 1 is 1.06 bits per heavy atom. The number of amides is 2. The average Bonchev–Trinajstić information content (AvgIpc) is 2.78. The molecule has 0 bridgehead atoms. The number of benzene rings is 2. The van der Waals surface area contributed by atoms with Crippen LogP contribution in [0, 0.1) is 13.8 Å². The lowest BCUT2D eigenvalue weighted by Crippen LogP contribution is -2.50. The van der Waals surface area contributed by atoms with Crippen LogP contribution in [0.1, 0.15) is 43.9 Å². The Bertz CT molecular complexity index is 907. The Hall–Kier alpha value is -2.73. The highest BCUT2D eigenvalue weighted by Crippen LogP contribution is 2.26. The second-order valence-electron chi connectivity index (χ2n) is 8.02. The van der Waals surface area contributed by atoms with Gasteiger partial charge in [0.2, 0.25) is 5.91 Å². The zero-order chi connectivity index (χ0) is 23.8. The largest absolute Gasteiger partial charge is 0.497 e. The quantitative estimate of drug-likeness (QED) is 0.559. The van der Waals surface area contributed by atoms with Crippen molar-refractivity contribution in [2.24, 2.45) is 0 Å². The lowest BCUT2D eigenvalue weighted by molar-refractivity contribution is -0.142. The van der Waals surface area contributed by atoms with E-state index in [1.54, 1.807) is 26.2 Å². The molecule has 2 aromatic rings. The minimum atomic E-state index is -0.657. The third-order valence-electron chi connectivity index (χ3n) is 5.45. The number of nitrogens with zero attached hydrogens (tertiary/aromatic N) is 1. The SMILES string of the molecule is CC[C@@H](C)NC(=O)[C@@H](C)N(Cc1ccc(OC)cc1)C(=O)COc1cc(C)c(Cl)c(C)c1. The van der Waals surface area contributed by atoms with Crippen molar-refractivity contribution >= 4 is 23.4 Å². The maximum atomic E-state index is 13.2. The summed E-state index contributed by atoms with van der Waals surface area (Å²) in [6.45, 7) is 9.55. The Kier molecular flexibility index (Phi) is 9.39. The lowest BCUT2D eigenvalue weighted by atomic mass is 10.1. The van der Waals surface area contributed by atoms with E-state index in [1.807, 2.05) is 52.0 Å². The maximum absolute atomic E-state index is 13.2. The van der Waals surface area contributed by atoms with Crippen LogP contribution >= 0.6 is 11.6 Å². The van der Waals surface area contributed by atoms with Crippen LogP contribution in [0.2, 0.25) is 5.02 Å². The number of rotatable bonds is 10. The molecule has 2 atom stereocenters. The molecule has 1 N–H and O–H groups in total. The minimum Gasteiger partial charge on any atom is -0.497 e. The fraction of sp³-hybridized carbons (Fsp3) is 0.440. The van der Waals surface area contributed by atoms with Gasteiger partial charge in [0.05, 0.1) is 7.11 Å². The molecule has 174 valence electrons. The van der Waals surface area contributed by atoms with E-state index in [0.717, 1.165) is 28.9 Å². The van der Waals surface area contributed by atoms with Crippen LogP contribution in [-0.2, 0) is 16.1 Å². The molecular weight excluding hydrogens is 428 g/mol. The van der Waals surface area contributed by atoms with E-state index >= 15 is 0 Å². The van der Waals surface area contributed by atoms with Crippen molar-refractivity contribution in [1.82, 2.24) is 10.2 Å². The first-order chi connectivity index (χ1) is 15.2. The first-order valence-electron chi connectivity index (χ1n) is 10.8. The van der Waals surface area contributed by atoms with Gasteiger partial charge >= 0.3 is 0 Å². The van der Waals surface area contributed by atoms with Crippen molar-refractivity contribution in [1.29, 1.82) is 0 Å². The smallest absolute Gasteiger partial charge is 0.261 e. The van der Waals surface area contributed by atoms with Gasteiger partial charge in [0.1, 0.15) is 17.5 Å². The summed E-state index contributed by atoms with van der Waals surface area (Å²) in [5.74, 6) is 0.821. The number of aryl methyl sites for hydroxylation is 2. The summed E-state index contributed by atoms with van der Waals surface area (Å²) in [5, 5.41) is 3.64. The Balaban J connectivity index is 2.19. The molecule has 0 fully saturated rings. The van der Waals surface area contributed by atoms with Gasteiger partial charge in [0.25, 0.3) is 5.91 Å². The molecule has 6 nitrogen and oxygen atoms in total. The molecule has 0 aliphatic carbocycles. The first-order valence-corrected chi connectivity index (χ1v) is 11.2. The highest BCUT2D eigenvalue weighted by Gasteiger charge is 2.27. The van der Waals surface area contributed by atoms with Crippen LogP contribution in [0.25, 0.3) is 0 Å². The number of methoxy groups -OCH3 is 1. The topological polar surface area (TPSA) is 67.9 Å². The zero-order valence-electron chi connectivity index (χ0n) is 19.7. The van der Waals surface area contributed by atoms with Crippen LogP contribution in [-0.4, -0.2) is 42.5 Å². The predicted octanol–water partition coefficient (Wildman–Crippen LogP) is 4.68. The summed E-state index contributed by atoms with van der Waals surface area (Å²) in [5.41, 5.74) is 2.65. The van der Waals surface area contributed by atoms with Gasteiger partial charge in [-0.15, -0.1) is 0 Å². The second-order valence-corrected chi connectivity index (χ2v) is 8.40. The minimum absolute atomic E-state index is 0.0270. The van der Waals surface area contributed by atoms with Crippen LogP contribution in [0.3, 0.4) is 0 Å². The van der Waals surface area contributed by atoms with Crippen LogP contribution < -0.4 is 14.8 Å². The Morgan fingerprint density at radius 3 is 2.19 bits per heavy atom. The molecule has 0 unspecified atom stereocenters. The molecule has 0 aliphatic heterocycles. The Labute approximate surface area is 195 Å². The van der Waals surface area contributed by atoms with E-state index < -0.39 is 6.04 Å². The summed E-state index contributed by atoms with van der Waals surface area (Å²) in [7, 11) is 1.60. The fourth-order valence-electron chi connectivity index (χ4n) is 3.19. The molecule has 0 spiro atoms.